The number of carbonyl (C=O) groups is 4. The van der Waals surface area contributed by atoms with E-state index in [9.17, 15) is 19.2 Å². The summed E-state index contributed by atoms with van der Waals surface area (Å²) in [5.74, 6) is -0.801. The Balaban J connectivity index is 1.55. The molecule has 0 aliphatic carbocycles. The number of anilines is 1. The molecule has 34 heavy (non-hydrogen) atoms. The molecule has 3 atom stereocenters. The second-order valence-electron chi connectivity index (χ2n) is 9.39. The fourth-order valence-corrected chi connectivity index (χ4v) is 4.89. The molecular formula is C27H29N3O4. The SMILES string of the molecule is CC(C)C[C@H](NC(=O)/C=C/c1ccccc1)C(=O)N1C[C@]2(C[C@H]1C=O)C(=O)Nc1ccccc12. The Bertz CT molecular complexity index is 1130. The van der Waals surface area contributed by atoms with Gasteiger partial charge in [0.05, 0.1) is 11.5 Å². The summed E-state index contributed by atoms with van der Waals surface area (Å²) in [5.41, 5.74) is 1.43. The van der Waals surface area contributed by atoms with Gasteiger partial charge in [0.2, 0.25) is 17.7 Å². The monoisotopic (exact) mass is 459 g/mol. The zero-order chi connectivity index (χ0) is 24.3. The number of hydrogen-bond acceptors (Lipinski definition) is 4. The number of para-hydroxylation sites is 1. The van der Waals surface area contributed by atoms with Gasteiger partial charge in [-0.15, -0.1) is 0 Å². The van der Waals surface area contributed by atoms with Crippen LogP contribution in [-0.2, 0) is 24.6 Å². The molecule has 0 unspecified atom stereocenters. The van der Waals surface area contributed by atoms with Crippen LogP contribution in [0.15, 0.2) is 60.7 Å². The Kier molecular flexibility index (Phi) is 6.63. The van der Waals surface area contributed by atoms with Gasteiger partial charge < -0.3 is 20.3 Å². The fraction of sp³-hybridized carbons (Fsp3) is 0.333. The molecule has 7 heteroatoms. The van der Waals surface area contributed by atoms with E-state index in [2.05, 4.69) is 10.6 Å². The van der Waals surface area contributed by atoms with Gasteiger partial charge in [0.1, 0.15) is 12.3 Å². The molecular weight excluding hydrogens is 430 g/mol. The second-order valence-corrected chi connectivity index (χ2v) is 9.39. The van der Waals surface area contributed by atoms with Crippen LogP contribution in [0.1, 0.15) is 37.8 Å². The molecule has 1 spiro atoms. The molecule has 1 saturated heterocycles. The Morgan fingerprint density at radius 2 is 1.85 bits per heavy atom. The quantitative estimate of drug-likeness (QED) is 0.492. The minimum absolute atomic E-state index is 0.0996. The van der Waals surface area contributed by atoms with Crippen molar-refractivity contribution in [2.45, 2.75) is 44.2 Å². The highest BCUT2D eigenvalue weighted by molar-refractivity contribution is 6.08. The number of benzene rings is 2. The van der Waals surface area contributed by atoms with Crippen molar-refractivity contribution in [3.63, 3.8) is 0 Å². The third-order valence-electron chi connectivity index (χ3n) is 6.51. The topological polar surface area (TPSA) is 95.6 Å². The molecule has 0 bridgehead atoms. The van der Waals surface area contributed by atoms with Crippen LogP contribution in [0, 0.1) is 5.92 Å². The van der Waals surface area contributed by atoms with Crippen LogP contribution < -0.4 is 10.6 Å². The van der Waals surface area contributed by atoms with Crippen molar-refractivity contribution in [1.29, 1.82) is 0 Å². The van der Waals surface area contributed by atoms with E-state index in [1.54, 1.807) is 6.08 Å². The summed E-state index contributed by atoms with van der Waals surface area (Å²) in [7, 11) is 0. The minimum atomic E-state index is -0.961. The average Bonchev–Trinajstić information content (AvgIpc) is 3.35. The average molecular weight is 460 g/mol. The standard InChI is InChI=1S/C27H29N3O4/c1-18(2)14-23(28-24(32)13-12-19-8-4-3-5-9-19)25(33)30-17-27(15-20(30)16-31)21-10-6-7-11-22(21)29-26(27)34/h3-13,16,18,20,23H,14-15,17H2,1-2H3,(H,28,32)(H,29,34)/b13-12+/t20-,23-,27-/m0/s1. The van der Waals surface area contributed by atoms with Crippen molar-refractivity contribution < 1.29 is 19.2 Å². The van der Waals surface area contributed by atoms with Crippen LogP contribution in [-0.4, -0.2) is 47.5 Å². The molecule has 176 valence electrons. The van der Waals surface area contributed by atoms with Gasteiger partial charge in [0.25, 0.3) is 0 Å². The van der Waals surface area contributed by atoms with Crippen LogP contribution in [0.25, 0.3) is 6.08 Å². The Morgan fingerprint density at radius 1 is 1.15 bits per heavy atom. The van der Waals surface area contributed by atoms with E-state index in [0.717, 1.165) is 17.4 Å². The highest BCUT2D eigenvalue weighted by Crippen LogP contribution is 2.46. The number of fused-ring (bicyclic) bond motifs is 2. The summed E-state index contributed by atoms with van der Waals surface area (Å²) in [6.07, 6.45) is 4.46. The number of carbonyl (C=O) groups excluding carboxylic acids is 4. The first-order chi connectivity index (χ1) is 16.3. The van der Waals surface area contributed by atoms with E-state index in [1.165, 1.54) is 11.0 Å². The smallest absolute Gasteiger partial charge is 0.245 e. The van der Waals surface area contributed by atoms with Gasteiger partial charge in [0.15, 0.2) is 0 Å². The molecule has 2 N–H and O–H groups in total. The zero-order valence-electron chi connectivity index (χ0n) is 19.4. The Morgan fingerprint density at radius 3 is 2.56 bits per heavy atom. The van der Waals surface area contributed by atoms with Crippen molar-refractivity contribution >= 4 is 35.8 Å². The van der Waals surface area contributed by atoms with E-state index < -0.39 is 17.5 Å². The second kappa shape index (κ2) is 9.63. The molecule has 4 rings (SSSR count). The van der Waals surface area contributed by atoms with Crippen LogP contribution >= 0.6 is 0 Å². The summed E-state index contributed by atoms with van der Waals surface area (Å²) in [6.45, 7) is 4.04. The van der Waals surface area contributed by atoms with Gasteiger partial charge in [-0.3, -0.25) is 14.4 Å². The number of likely N-dealkylation sites (tertiary alicyclic amines) is 1. The molecule has 1 fully saturated rings. The maximum absolute atomic E-state index is 13.6. The van der Waals surface area contributed by atoms with Crippen LogP contribution in [0.3, 0.4) is 0 Å². The first-order valence-corrected chi connectivity index (χ1v) is 11.5. The number of aldehydes is 1. The fourth-order valence-electron chi connectivity index (χ4n) is 4.89. The summed E-state index contributed by atoms with van der Waals surface area (Å²) >= 11 is 0. The summed E-state index contributed by atoms with van der Waals surface area (Å²) < 4.78 is 0. The van der Waals surface area contributed by atoms with Crippen molar-refractivity contribution in [3.8, 4) is 0 Å². The van der Waals surface area contributed by atoms with E-state index >= 15 is 0 Å². The molecule has 7 nitrogen and oxygen atoms in total. The van der Waals surface area contributed by atoms with Crippen LogP contribution in [0.5, 0.6) is 0 Å². The van der Waals surface area contributed by atoms with Gasteiger partial charge in [-0.2, -0.15) is 0 Å². The highest BCUT2D eigenvalue weighted by atomic mass is 16.2. The minimum Gasteiger partial charge on any atom is -0.341 e. The van der Waals surface area contributed by atoms with Crippen LogP contribution in [0.4, 0.5) is 5.69 Å². The number of rotatable bonds is 7. The van der Waals surface area contributed by atoms with Gasteiger partial charge in [-0.1, -0.05) is 62.4 Å². The first-order valence-electron chi connectivity index (χ1n) is 11.5. The third-order valence-corrected chi connectivity index (χ3v) is 6.51. The molecule has 0 saturated carbocycles. The van der Waals surface area contributed by atoms with Crippen molar-refractivity contribution in [3.05, 3.63) is 71.8 Å². The third kappa shape index (κ3) is 4.51. The summed E-state index contributed by atoms with van der Waals surface area (Å²) in [6, 6.07) is 15.2. The predicted octanol–water partition coefficient (Wildman–Crippen LogP) is 2.92. The lowest BCUT2D eigenvalue weighted by Gasteiger charge is -2.28. The molecule has 2 heterocycles. The molecule has 0 aromatic heterocycles. The van der Waals surface area contributed by atoms with Crippen molar-refractivity contribution in [1.82, 2.24) is 10.2 Å². The number of nitrogens with zero attached hydrogens (tertiary/aromatic N) is 1. The number of amides is 3. The van der Waals surface area contributed by atoms with Gasteiger partial charge in [-0.25, -0.2) is 0 Å². The van der Waals surface area contributed by atoms with Crippen LogP contribution in [0.2, 0.25) is 0 Å². The molecule has 3 amide bonds. The number of hydrogen-bond donors (Lipinski definition) is 2. The lowest BCUT2D eigenvalue weighted by Crippen LogP contribution is -2.51. The summed E-state index contributed by atoms with van der Waals surface area (Å²) in [5, 5.41) is 5.70. The normalized spacial score (nSPS) is 22.1. The molecule has 2 aliphatic heterocycles. The lowest BCUT2D eigenvalue weighted by molar-refractivity contribution is -0.138. The molecule has 2 aliphatic rings. The van der Waals surface area contributed by atoms with E-state index in [-0.39, 0.29) is 36.6 Å². The van der Waals surface area contributed by atoms with E-state index in [1.807, 2.05) is 68.4 Å². The predicted molar refractivity (Wildman–Crippen MR) is 130 cm³/mol. The Labute approximate surface area is 199 Å². The van der Waals surface area contributed by atoms with Gasteiger partial charge >= 0.3 is 0 Å². The van der Waals surface area contributed by atoms with E-state index in [4.69, 9.17) is 0 Å². The molecule has 2 aromatic carbocycles. The van der Waals surface area contributed by atoms with Crippen molar-refractivity contribution in [2.24, 2.45) is 5.92 Å². The molecule has 0 radical (unpaired) electrons. The Hall–Kier alpha value is -3.74. The van der Waals surface area contributed by atoms with Gasteiger partial charge in [-0.05, 0) is 42.0 Å². The summed E-state index contributed by atoms with van der Waals surface area (Å²) in [4.78, 5) is 52.7. The highest BCUT2D eigenvalue weighted by Gasteiger charge is 2.56. The zero-order valence-corrected chi connectivity index (χ0v) is 19.4. The first kappa shape index (κ1) is 23.4. The number of nitrogens with one attached hydrogen (secondary N) is 2. The van der Waals surface area contributed by atoms with E-state index in [0.29, 0.717) is 12.1 Å². The molecule has 2 aromatic rings. The van der Waals surface area contributed by atoms with Crippen molar-refractivity contribution in [2.75, 3.05) is 11.9 Å². The lowest BCUT2D eigenvalue weighted by atomic mass is 9.80. The van der Waals surface area contributed by atoms with Gasteiger partial charge in [0, 0.05) is 18.3 Å². The maximum atomic E-state index is 13.6. The maximum Gasteiger partial charge on any atom is 0.245 e. The largest absolute Gasteiger partial charge is 0.341 e.